The highest BCUT2D eigenvalue weighted by molar-refractivity contribution is 5.92. The van der Waals surface area contributed by atoms with E-state index in [2.05, 4.69) is 10.3 Å². The van der Waals surface area contributed by atoms with Crippen LogP contribution in [0.25, 0.3) is 0 Å². The number of nitrogens with one attached hydrogen (secondary N) is 1. The smallest absolute Gasteiger partial charge is 0.273 e. The molecule has 0 spiro atoms. The second kappa shape index (κ2) is 11.4. The van der Waals surface area contributed by atoms with E-state index in [-0.39, 0.29) is 42.7 Å². The van der Waals surface area contributed by atoms with E-state index in [0.717, 1.165) is 18.4 Å². The Hall–Kier alpha value is -2.67. The summed E-state index contributed by atoms with van der Waals surface area (Å²) in [5.74, 6) is -0.0861. The SMILES string of the molecule is CCC(C)NC(=O)c1coc(CN(C(=O)COCc2ccccc2)C(C)CC)n1. The molecule has 0 saturated carbocycles. The number of hydrogen-bond donors (Lipinski definition) is 1. The molecule has 2 rings (SSSR count). The average Bonchev–Trinajstić information content (AvgIpc) is 3.21. The quantitative estimate of drug-likeness (QED) is 0.622. The first-order chi connectivity index (χ1) is 13.9. The highest BCUT2D eigenvalue weighted by Gasteiger charge is 2.22. The summed E-state index contributed by atoms with van der Waals surface area (Å²) >= 11 is 0. The molecule has 1 N–H and O–H groups in total. The number of rotatable bonds is 11. The molecule has 7 heteroatoms. The van der Waals surface area contributed by atoms with Crippen molar-refractivity contribution in [2.24, 2.45) is 0 Å². The largest absolute Gasteiger partial charge is 0.446 e. The fourth-order valence-corrected chi connectivity index (χ4v) is 2.66. The molecule has 0 aliphatic rings. The van der Waals surface area contributed by atoms with Crippen LogP contribution >= 0.6 is 0 Å². The zero-order valence-electron chi connectivity index (χ0n) is 17.7. The topological polar surface area (TPSA) is 84.7 Å². The Morgan fingerprint density at radius 2 is 1.90 bits per heavy atom. The number of carbonyl (C=O) groups is 2. The van der Waals surface area contributed by atoms with E-state index in [9.17, 15) is 9.59 Å². The first-order valence-corrected chi connectivity index (χ1v) is 10.1. The predicted molar refractivity (Wildman–Crippen MR) is 110 cm³/mol. The molecule has 7 nitrogen and oxygen atoms in total. The number of nitrogens with zero attached hydrogens (tertiary/aromatic N) is 2. The molecule has 2 aromatic rings. The third-order valence-corrected chi connectivity index (χ3v) is 4.86. The maximum atomic E-state index is 12.7. The summed E-state index contributed by atoms with van der Waals surface area (Å²) in [6.07, 6.45) is 2.94. The van der Waals surface area contributed by atoms with Gasteiger partial charge in [-0.05, 0) is 32.3 Å². The van der Waals surface area contributed by atoms with E-state index in [1.54, 1.807) is 4.90 Å². The van der Waals surface area contributed by atoms with Crippen LogP contribution in [0.15, 0.2) is 41.0 Å². The molecule has 158 valence electrons. The maximum absolute atomic E-state index is 12.7. The Kier molecular flexibility index (Phi) is 8.86. The highest BCUT2D eigenvalue weighted by Crippen LogP contribution is 2.12. The Balaban J connectivity index is 1.96. The predicted octanol–water partition coefficient (Wildman–Crippen LogP) is 3.55. The van der Waals surface area contributed by atoms with Crippen molar-refractivity contribution >= 4 is 11.8 Å². The molecular formula is C22H31N3O4. The van der Waals surface area contributed by atoms with E-state index < -0.39 is 0 Å². The molecule has 2 unspecified atom stereocenters. The number of hydrogen-bond acceptors (Lipinski definition) is 5. The lowest BCUT2D eigenvalue weighted by molar-refractivity contribution is -0.139. The molecule has 0 radical (unpaired) electrons. The van der Waals surface area contributed by atoms with Gasteiger partial charge in [0, 0.05) is 12.1 Å². The second-order valence-corrected chi connectivity index (χ2v) is 7.17. The Morgan fingerprint density at radius 3 is 2.55 bits per heavy atom. The standard InChI is InChI=1S/C22H31N3O4/c1-5-16(3)23-22(27)19-14-29-20(24-19)12-25(17(4)6-2)21(26)15-28-13-18-10-8-7-9-11-18/h7-11,14,16-17H,5-6,12-13,15H2,1-4H3,(H,23,27). The van der Waals surface area contributed by atoms with Crippen LogP contribution in [-0.4, -0.2) is 40.4 Å². The first-order valence-electron chi connectivity index (χ1n) is 10.1. The normalized spacial score (nSPS) is 13.0. The van der Waals surface area contributed by atoms with Crippen LogP contribution in [0.4, 0.5) is 0 Å². The van der Waals surface area contributed by atoms with Gasteiger partial charge in [0.15, 0.2) is 5.69 Å². The molecule has 29 heavy (non-hydrogen) atoms. The third kappa shape index (κ3) is 7.02. The fourth-order valence-electron chi connectivity index (χ4n) is 2.66. The molecule has 2 amide bonds. The molecule has 1 aromatic carbocycles. The van der Waals surface area contributed by atoms with Gasteiger partial charge in [0.05, 0.1) is 13.2 Å². The summed E-state index contributed by atoms with van der Waals surface area (Å²) in [6, 6.07) is 9.76. The van der Waals surface area contributed by atoms with Crippen molar-refractivity contribution in [2.75, 3.05) is 6.61 Å². The van der Waals surface area contributed by atoms with Crippen LogP contribution in [0, 0.1) is 0 Å². The van der Waals surface area contributed by atoms with Gasteiger partial charge in [-0.15, -0.1) is 0 Å². The summed E-state index contributed by atoms with van der Waals surface area (Å²) in [7, 11) is 0. The Morgan fingerprint density at radius 1 is 1.17 bits per heavy atom. The van der Waals surface area contributed by atoms with Crippen molar-refractivity contribution in [3.63, 3.8) is 0 Å². The van der Waals surface area contributed by atoms with Crippen molar-refractivity contribution in [2.45, 2.75) is 65.8 Å². The molecule has 1 heterocycles. The first kappa shape index (κ1) is 22.6. The molecule has 2 atom stereocenters. The van der Waals surface area contributed by atoms with E-state index in [4.69, 9.17) is 9.15 Å². The summed E-state index contributed by atoms with van der Waals surface area (Å²) < 4.78 is 11.0. The minimum absolute atomic E-state index is 0.00730. The lowest BCUT2D eigenvalue weighted by Crippen LogP contribution is -2.40. The van der Waals surface area contributed by atoms with Crippen molar-refractivity contribution in [3.05, 3.63) is 53.7 Å². The number of ether oxygens (including phenoxy) is 1. The molecule has 0 saturated heterocycles. The lowest BCUT2D eigenvalue weighted by Gasteiger charge is -2.27. The number of carbonyl (C=O) groups excluding carboxylic acids is 2. The third-order valence-electron chi connectivity index (χ3n) is 4.86. The van der Waals surface area contributed by atoms with Crippen LogP contribution in [0.3, 0.4) is 0 Å². The number of benzene rings is 1. The van der Waals surface area contributed by atoms with Gasteiger partial charge in [-0.3, -0.25) is 9.59 Å². The molecule has 1 aromatic heterocycles. The van der Waals surface area contributed by atoms with Gasteiger partial charge in [0.1, 0.15) is 12.9 Å². The number of aromatic nitrogens is 1. The average molecular weight is 402 g/mol. The summed E-state index contributed by atoms with van der Waals surface area (Å²) in [5.41, 5.74) is 1.23. The Bertz CT molecular complexity index is 775. The van der Waals surface area contributed by atoms with Crippen LogP contribution in [0.2, 0.25) is 0 Å². The summed E-state index contributed by atoms with van der Waals surface area (Å²) in [5, 5.41) is 2.85. The van der Waals surface area contributed by atoms with Crippen molar-refractivity contribution in [1.29, 1.82) is 0 Å². The van der Waals surface area contributed by atoms with Gasteiger partial charge in [-0.2, -0.15) is 0 Å². The van der Waals surface area contributed by atoms with Crippen LogP contribution in [-0.2, 0) is 22.7 Å². The molecule has 0 fully saturated rings. The minimum atomic E-state index is -0.276. The van der Waals surface area contributed by atoms with Crippen molar-refractivity contribution in [3.8, 4) is 0 Å². The van der Waals surface area contributed by atoms with Gasteiger partial charge in [0.2, 0.25) is 11.8 Å². The molecule has 0 bridgehead atoms. The van der Waals surface area contributed by atoms with E-state index in [1.165, 1.54) is 6.26 Å². The van der Waals surface area contributed by atoms with Gasteiger partial charge < -0.3 is 19.4 Å². The van der Waals surface area contributed by atoms with Crippen LogP contribution in [0.1, 0.15) is 62.5 Å². The molecule has 0 aliphatic heterocycles. The van der Waals surface area contributed by atoms with Gasteiger partial charge in [-0.25, -0.2) is 4.98 Å². The van der Waals surface area contributed by atoms with Crippen LogP contribution in [0.5, 0.6) is 0 Å². The Labute approximate surface area is 172 Å². The second-order valence-electron chi connectivity index (χ2n) is 7.17. The lowest BCUT2D eigenvalue weighted by atomic mass is 10.2. The van der Waals surface area contributed by atoms with Crippen LogP contribution < -0.4 is 5.32 Å². The number of oxazole rings is 1. The monoisotopic (exact) mass is 401 g/mol. The zero-order valence-corrected chi connectivity index (χ0v) is 17.7. The number of amides is 2. The van der Waals surface area contributed by atoms with E-state index in [0.29, 0.717) is 12.5 Å². The minimum Gasteiger partial charge on any atom is -0.446 e. The van der Waals surface area contributed by atoms with Gasteiger partial charge in [-0.1, -0.05) is 44.2 Å². The molecule has 0 aliphatic carbocycles. The molecular weight excluding hydrogens is 370 g/mol. The van der Waals surface area contributed by atoms with Crippen molar-refractivity contribution in [1.82, 2.24) is 15.2 Å². The maximum Gasteiger partial charge on any atom is 0.273 e. The zero-order chi connectivity index (χ0) is 21.2. The van der Waals surface area contributed by atoms with Crippen molar-refractivity contribution < 1.29 is 18.7 Å². The summed E-state index contributed by atoms with van der Waals surface area (Å²) in [6.45, 7) is 8.44. The highest BCUT2D eigenvalue weighted by atomic mass is 16.5. The van der Waals surface area contributed by atoms with Gasteiger partial charge in [0.25, 0.3) is 5.91 Å². The van der Waals surface area contributed by atoms with E-state index >= 15 is 0 Å². The fraction of sp³-hybridized carbons (Fsp3) is 0.500. The summed E-state index contributed by atoms with van der Waals surface area (Å²) in [4.78, 5) is 30.8. The van der Waals surface area contributed by atoms with Gasteiger partial charge >= 0.3 is 0 Å². The van der Waals surface area contributed by atoms with E-state index in [1.807, 2.05) is 58.0 Å².